The third-order valence-corrected chi connectivity index (χ3v) is 4.76. The van der Waals surface area contributed by atoms with Gasteiger partial charge in [0.05, 0.1) is 0 Å². The van der Waals surface area contributed by atoms with Crippen molar-refractivity contribution in [2.75, 3.05) is 37.7 Å². The topological polar surface area (TPSA) is 28.6 Å². The Kier molecular flexibility index (Phi) is 4.76. The summed E-state index contributed by atoms with van der Waals surface area (Å²) in [6.45, 7) is 9.33. The predicted molar refractivity (Wildman–Crippen MR) is 85.8 cm³/mol. The summed E-state index contributed by atoms with van der Waals surface area (Å²) in [5, 5.41) is 0. The zero-order valence-electron chi connectivity index (χ0n) is 13.3. The van der Waals surface area contributed by atoms with Crippen molar-refractivity contribution in [1.29, 1.82) is 0 Å². The Balaban J connectivity index is 1.57. The van der Waals surface area contributed by atoms with E-state index in [1.165, 1.54) is 24.9 Å². The van der Waals surface area contributed by atoms with Gasteiger partial charge < -0.3 is 9.64 Å². The van der Waals surface area contributed by atoms with Crippen LogP contribution in [0.3, 0.4) is 0 Å². The molecule has 4 heteroatoms. The SMILES string of the molecule is CCOCCCN1C2CCC1CN(c1ccc(C)cn1)C2. The molecule has 21 heavy (non-hydrogen) atoms. The van der Waals surface area contributed by atoms with E-state index in [2.05, 4.69) is 40.8 Å². The van der Waals surface area contributed by atoms with Crippen molar-refractivity contribution < 1.29 is 4.74 Å². The monoisotopic (exact) mass is 289 g/mol. The molecule has 1 aromatic heterocycles. The molecule has 3 rings (SSSR count). The second-order valence-electron chi connectivity index (χ2n) is 6.27. The molecule has 2 unspecified atom stereocenters. The summed E-state index contributed by atoms with van der Waals surface area (Å²) >= 11 is 0. The molecule has 2 aliphatic rings. The fraction of sp³-hybridized carbons (Fsp3) is 0.706. The van der Waals surface area contributed by atoms with E-state index in [-0.39, 0.29) is 0 Å². The molecular formula is C17H27N3O. The molecule has 2 atom stereocenters. The van der Waals surface area contributed by atoms with Gasteiger partial charge in [0, 0.05) is 51.1 Å². The van der Waals surface area contributed by atoms with Crippen LogP contribution in [-0.4, -0.2) is 54.8 Å². The number of aryl methyl sites for hydroxylation is 1. The molecule has 4 nitrogen and oxygen atoms in total. The first-order valence-corrected chi connectivity index (χ1v) is 8.29. The van der Waals surface area contributed by atoms with Crippen molar-refractivity contribution in [1.82, 2.24) is 9.88 Å². The van der Waals surface area contributed by atoms with Gasteiger partial charge in [0.1, 0.15) is 5.82 Å². The number of hydrogen-bond donors (Lipinski definition) is 0. The lowest BCUT2D eigenvalue weighted by atomic mass is 10.1. The van der Waals surface area contributed by atoms with Gasteiger partial charge in [-0.2, -0.15) is 0 Å². The standard InChI is InChI=1S/C17H27N3O/c1-3-21-10-4-9-20-15-6-7-16(20)13-19(12-15)17-8-5-14(2)11-18-17/h5,8,11,15-16H,3-4,6-7,9-10,12-13H2,1-2H3. The van der Waals surface area contributed by atoms with Crippen LogP contribution >= 0.6 is 0 Å². The van der Waals surface area contributed by atoms with Gasteiger partial charge in [0.2, 0.25) is 0 Å². The van der Waals surface area contributed by atoms with E-state index < -0.39 is 0 Å². The number of piperazine rings is 1. The van der Waals surface area contributed by atoms with Gasteiger partial charge in [-0.3, -0.25) is 4.90 Å². The molecule has 0 radical (unpaired) electrons. The Bertz CT molecular complexity index is 434. The number of anilines is 1. The minimum Gasteiger partial charge on any atom is -0.382 e. The average Bonchev–Trinajstić information content (AvgIpc) is 2.73. The van der Waals surface area contributed by atoms with E-state index in [0.29, 0.717) is 12.1 Å². The molecule has 2 fully saturated rings. The van der Waals surface area contributed by atoms with E-state index in [1.807, 2.05) is 6.20 Å². The molecule has 0 aromatic carbocycles. The molecule has 3 heterocycles. The molecule has 0 aliphatic carbocycles. The van der Waals surface area contributed by atoms with Crippen molar-refractivity contribution in [3.05, 3.63) is 23.9 Å². The number of hydrogen-bond acceptors (Lipinski definition) is 4. The van der Waals surface area contributed by atoms with Gasteiger partial charge in [0.25, 0.3) is 0 Å². The Morgan fingerprint density at radius 3 is 2.62 bits per heavy atom. The Labute approximate surface area is 128 Å². The van der Waals surface area contributed by atoms with Crippen LogP contribution in [0.1, 0.15) is 31.7 Å². The van der Waals surface area contributed by atoms with E-state index >= 15 is 0 Å². The molecule has 2 bridgehead atoms. The maximum atomic E-state index is 5.47. The lowest BCUT2D eigenvalue weighted by Crippen LogP contribution is -2.54. The predicted octanol–water partition coefficient (Wildman–Crippen LogP) is 2.47. The smallest absolute Gasteiger partial charge is 0.128 e. The van der Waals surface area contributed by atoms with Gasteiger partial charge in [-0.1, -0.05) is 6.07 Å². The lowest BCUT2D eigenvalue weighted by Gasteiger charge is -2.41. The van der Waals surface area contributed by atoms with Crippen LogP contribution in [-0.2, 0) is 4.74 Å². The maximum Gasteiger partial charge on any atom is 0.128 e. The van der Waals surface area contributed by atoms with Crippen molar-refractivity contribution in [2.45, 2.75) is 45.2 Å². The molecule has 116 valence electrons. The number of aromatic nitrogens is 1. The van der Waals surface area contributed by atoms with Crippen LogP contribution in [0.25, 0.3) is 0 Å². The molecule has 2 saturated heterocycles. The van der Waals surface area contributed by atoms with E-state index in [0.717, 1.165) is 38.5 Å². The lowest BCUT2D eigenvalue weighted by molar-refractivity contribution is 0.112. The molecule has 0 N–H and O–H groups in total. The number of rotatable bonds is 6. The third-order valence-electron chi connectivity index (χ3n) is 4.76. The Morgan fingerprint density at radius 2 is 2.00 bits per heavy atom. The molecule has 1 aromatic rings. The fourth-order valence-corrected chi connectivity index (χ4v) is 3.68. The minimum absolute atomic E-state index is 0.702. The van der Waals surface area contributed by atoms with Crippen molar-refractivity contribution in [3.8, 4) is 0 Å². The van der Waals surface area contributed by atoms with Gasteiger partial charge in [-0.25, -0.2) is 4.98 Å². The molecule has 0 spiro atoms. The van der Waals surface area contributed by atoms with Gasteiger partial charge in [0.15, 0.2) is 0 Å². The summed E-state index contributed by atoms with van der Waals surface area (Å²) in [7, 11) is 0. The summed E-state index contributed by atoms with van der Waals surface area (Å²) in [5.74, 6) is 1.14. The van der Waals surface area contributed by atoms with E-state index in [4.69, 9.17) is 4.74 Å². The van der Waals surface area contributed by atoms with E-state index in [1.54, 1.807) is 0 Å². The van der Waals surface area contributed by atoms with Crippen LogP contribution in [0, 0.1) is 6.92 Å². The zero-order chi connectivity index (χ0) is 14.7. The summed E-state index contributed by atoms with van der Waals surface area (Å²) in [6, 6.07) is 5.74. The second-order valence-corrected chi connectivity index (χ2v) is 6.27. The highest BCUT2D eigenvalue weighted by molar-refractivity contribution is 5.41. The number of fused-ring (bicyclic) bond motifs is 2. The largest absolute Gasteiger partial charge is 0.382 e. The number of nitrogens with zero attached hydrogens (tertiary/aromatic N) is 3. The quantitative estimate of drug-likeness (QED) is 0.752. The summed E-state index contributed by atoms with van der Waals surface area (Å²) < 4.78 is 5.47. The average molecular weight is 289 g/mol. The Morgan fingerprint density at radius 1 is 1.24 bits per heavy atom. The summed E-state index contributed by atoms with van der Waals surface area (Å²) in [4.78, 5) is 9.78. The Hall–Kier alpha value is -1.13. The van der Waals surface area contributed by atoms with E-state index in [9.17, 15) is 0 Å². The van der Waals surface area contributed by atoms with Gasteiger partial charge in [-0.05, 0) is 44.7 Å². The van der Waals surface area contributed by atoms with Crippen LogP contribution in [0.15, 0.2) is 18.3 Å². The molecule has 0 amide bonds. The van der Waals surface area contributed by atoms with Crippen molar-refractivity contribution in [3.63, 3.8) is 0 Å². The molecule has 0 saturated carbocycles. The van der Waals surface area contributed by atoms with Crippen LogP contribution in [0.4, 0.5) is 5.82 Å². The van der Waals surface area contributed by atoms with Crippen LogP contribution < -0.4 is 4.90 Å². The number of ether oxygens (including phenoxy) is 1. The van der Waals surface area contributed by atoms with Gasteiger partial charge >= 0.3 is 0 Å². The van der Waals surface area contributed by atoms with Gasteiger partial charge in [-0.15, -0.1) is 0 Å². The fourth-order valence-electron chi connectivity index (χ4n) is 3.68. The number of pyridine rings is 1. The maximum absolute atomic E-state index is 5.47. The highest BCUT2D eigenvalue weighted by Gasteiger charge is 2.39. The summed E-state index contributed by atoms with van der Waals surface area (Å²) in [5.41, 5.74) is 1.23. The molecular weight excluding hydrogens is 262 g/mol. The third kappa shape index (κ3) is 3.38. The van der Waals surface area contributed by atoms with Crippen LogP contribution in [0.5, 0.6) is 0 Å². The highest BCUT2D eigenvalue weighted by Crippen LogP contribution is 2.32. The zero-order valence-corrected chi connectivity index (χ0v) is 13.3. The first-order chi connectivity index (χ1) is 10.3. The highest BCUT2D eigenvalue weighted by atomic mass is 16.5. The van der Waals surface area contributed by atoms with Crippen molar-refractivity contribution in [2.24, 2.45) is 0 Å². The van der Waals surface area contributed by atoms with Crippen molar-refractivity contribution >= 4 is 5.82 Å². The van der Waals surface area contributed by atoms with Crippen LogP contribution in [0.2, 0.25) is 0 Å². The first-order valence-electron chi connectivity index (χ1n) is 8.29. The normalized spacial score (nSPS) is 25.5. The minimum atomic E-state index is 0.702. The molecule has 2 aliphatic heterocycles. The first kappa shape index (κ1) is 14.8. The summed E-state index contributed by atoms with van der Waals surface area (Å²) in [6.07, 6.45) is 5.80. The second kappa shape index (κ2) is 6.75.